The maximum Gasteiger partial charge on any atom is 0.272 e. The van der Waals surface area contributed by atoms with Crippen LogP contribution in [0.4, 0.5) is 0 Å². The van der Waals surface area contributed by atoms with Gasteiger partial charge in [0.05, 0.1) is 12.2 Å². The van der Waals surface area contributed by atoms with Crippen molar-refractivity contribution in [2.24, 2.45) is 35.0 Å². The molecule has 2 unspecified atom stereocenters. The molecule has 10 heteroatoms. The highest BCUT2D eigenvalue weighted by Gasteiger charge is 2.43. The molecule has 3 fully saturated rings. The van der Waals surface area contributed by atoms with Crippen LogP contribution in [0.1, 0.15) is 146 Å². The van der Waals surface area contributed by atoms with Crippen LogP contribution in [0.3, 0.4) is 0 Å². The molecule has 0 aliphatic heterocycles. The van der Waals surface area contributed by atoms with E-state index < -0.39 is 46.9 Å². The third-order valence-electron chi connectivity index (χ3n) is 12.1. The van der Waals surface area contributed by atoms with Crippen molar-refractivity contribution in [3.05, 3.63) is 60.2 Å². The van der Waals surface area contributed by atoms with E-state index in [1.807, 2.05) is 45.9 Å². The van der Waals surface area contributed by atoms with Gasteiger partial charge in [-0.05, 0) is 80.1 Å². The van der Waals surface area contributed by atoms with E-state index in [1.165, 1.54) is 18.6 Å². The molecule has 2 N–H and O–H groups in total. The molecule has 2 amide bonds. The number of rotatable bonds is 18. The number of nitrogens with zero attached hydrogens (tertiary/aromatic N) is 2. The van der Waals surface area contributed by atoms with E-state index in [-0.39, 0.29) is 60.0 Å². The zero-order chi connectivity index (χ0) is 38.8. The lowest BCUT2D eigenvalue weighted by Gasteiger charge is -2.39. The van der Waals surface area contributed by atoms with Crippen molar-refractivity contribution in [3.63, 3.8) is 0 Å². The SMILES string of the molecule is CCCC(CC(=O)[C@@H]1C[C@@H](c2ccccc2)CC[C@@H]1NC(=O)C(CC(=O)[C@@H](NC(=O)c1cnccn1)C1CCCCC1)C(C)(C)C)C(=O)C(=O)CC1CC1. The van der Waals surface area contributed by atoms with Gasteiger partial charge in [0, 0.05) is 55.5 Å². The summed E-state index contributed by atoms with van der Waals surface area (Å²) in [7, 11) is 0. The molecule has 1 aromatic carbocycles. The van der Waals surface area contributed by atoms with Gasteiger partial charge in [-0.25, -0.2) is 4.98 Å². The molecule has 2 aromatic rings. The summed E-state index contributed by atoms with van der Waals surface area (Å²) in [6.45, 7) is 7.77. The quantitative estimate of drug-likeness (QED) is 0.153. The van der Waals surface area contributed by atoms with Gasteiger partial charge in [0.15, 0.2) is 11.6 Å². The number of benzene rings is 1. The average molecular weight is 741 g/mol. The fourth-order valence-electron chi connectivity index (χ4n) is 8.67. The van der Waals surface area contributed by atoms with Crippen LogP contribution in [0.15, 0.2) is 48.9 Å². The van der Waals surface area contributed by atoms with Gasteiger partial charge >= 0.3 is 0 Å². The second-order valence-electron chi connectivity index (χ2n) is 17.3. The minimum atomic E-state index is -0.760. The fraction of sp³-hybridized carbons (Fsp3) is 0.636. The van der Waals surface area contributed by atoms with Crippen LogP contribution in [-0.4, -0.2) is 57.0 Å². The van der Waals surface area contributed by atoms with E-state index in [0.29, 0.717) is 31.6 Å². The standard InChI is InChI=1S/C44H60N4O6/c1-5-12-32(41(52)39(51)23-28-17-18-28)25-37(49)33-24-31(29-13-8-6-9-14-29)19-20-35(33)47-42(53)34(44(2,3)4)26-38(50)40(30-15-10-7-11-16-30)48-43(54)36-27-45-21-22-46-36/h6,8-9,13-14,21-22,27-28,30-35,40H,5,7,10-12,15-20,23-26H2,1-4H3,(H,47,53)(H,48,54)/t31-,32?,33+,34?,35-,40-/m0/s1. The van der Waals surface area contributed by atoms with E-state index in [4.69, 9.17) is 0 Å². The molecular formula is C44H60N4O6. The van der Waals surface area contributed by atoms with Gasteiger partial charge in [0.2, 0.25) is 11.7 Å². The van der Waals surface area contributed by atoms with Crippen LogP contribution < -0.4 is 10.6 Å². The molecule has 0 saturated heterocycles. The lowest BCUT2D eigenvalue weighted by molar-refractivity contribution is -0.141. The van der Waals surface area contributed by atoms with Crippen LogP contribution in [-0.2, 0) is 24.0 Å². The molecule has 6 atom stereocenters. The summed E-state index contributed by atoms with van der Waals surface area (Å²) in [4.78, 5) is 90.6. The van der Waals surface area contributed by atoms with Crippen molar-refractivity contribution in [1.29, 1.82) is 0 Å². The maximum atomic E-state index is 14.4. The van der Waals surface area contributed by atoms with E-state index in [2.05, 4.69) is 32.7 Å². The van der Waals surface area contributed by atoms with Crippen LogP contribution in [0, 0.1) is 35.0 Å². The smallest absolute Gasteiger partial charge is 0.272 e. The van der Waals surface area contributed by atoms with Crippen molar-refractivity contribution in [2.75, 3.05) is 0 Å². The van der Waals surface area contributed by atoms with Crippen molar-refractivity contribution in [2.45, 2.75) is 142 Å². The monoisotopic (exact) mass is 740 g/mol. The molecule has 0 radical (unpaired) electrons. The molecule has 5 rings (SSSR count). The molecule has 10 nitrogen and oxygen atoms in total. The number of ketones is 4. The summed E-state index contributed by atoms with van der Waals surface area (Å²) in [5, 5.41) is 6.20. The van der Waals surface area contributed by atoms with Gasteiger partial charge in [-0.1, -0.05) is 83.7 Å². The lowest BCUT2D eigenvalue weighted by atomic mass is 9.71. The predicted octanol–water partition coefficient (Wildman–Crippen LogP) is 7.16. The number of hydrogen-bond donors (Lipinski definition) is 2. The molecule has 1 heterocycles. The third kappa shape index (κ3) is 11.2. The maximum absolute atomic E-state index is 14.4. The molecule has 3 saturated carbocycles. The first-order valence-electron chi connectivity index (χ1n) is 20.4. The van der Waals surface area contributed by atoms with E-state index in [0.717, 1.165) is 56.9 Å². The average Bonchev–Trinajstić information content (AvgIpc) is 4.00. The van der Waals surface area contributed by atoms with E-state index >= 15 is 0 Å². The molecule has 0 bridgehead atoms. The van der Waals surface area contributed by atoms with Crippen LogP contribution >= 0.6 is 0 Å². The van der Waals surface area contributed by atoms with Gasteiger partial charge in [-0.3, -0.25) is 33.8 Å². The Bertz CT molecular complexity index is 1610. The van der Waals surface area contributed by atoms with Crippen molar-refractivity contribution >= 4 is 34.9 Å². The highest BCUT2D eigenvalue weighted by molar-refractivity contribution is 6.38. The van der Waals surface area contributed by atoms with Gasteiger partial charge in [0.25, 0.3) is 5.91 Å². The topological polar surface area (TPSA) is 152 Å². The van der Waals surface area contributed by atoms with Crippen molar-refractivity contribution in [3.8, 4) is 0 Å². The summed E-state index contributed by atoms with van der Waals surface area (Å²) in [6, 6.07) is 8.84. The second-order valence-corrected chi connectivity index (χ2v) is 17.3. The van der Waals surface area contributed by atoms with Crippen LogP contribution in [0.25, 0.3) is 0 Å². The molecule has 3 aliphatic rings. The zero-order valence-electron chi connectivity index (χ0n) is 32.7. The third-order valence-corrected chi connectivity index (χ3v) is 12.1. The highest BCUT2D eigenvalue weighted by Crippen LogP contribution is 2.40. The Kier molecular flexibility index (Phi) is 14.4. The number of carbonyl (C=O) groups is 6. The van der Waals surface area contributed by atoms with Crippen LogP contribution in [0.5, 0.6) is 0 Å². The Morgan fingerprint density at radius 2 is 1.59 bits per heavy atom. The van der Waals surface area contributed by atoms with E-state index in [9.17, 15) is 28.8 Å². The minimum absolute atomic E-state index is 0.0165. The molecule has 1 aromatic heterocycles. The number of hydrogen-bond acceptors (Lipinski definition) is 8. The number of amides is 2. The summed E-state index contributed by atoms with van der Waals surface area (Å²) >= 11 is 0. The first-order chi connectivity index (χ1) is 25.8. The number of aromatic nitrogens is 2. The Morgan fingerprint density at radius 1 is 0.870 bits per heavy atom. The zero-order valence-corrected chi connectivity index (χ0v) is 32.7. The Balaban J connectivity index is 1.34. The lowest BCUT2D eigenvalue weighted by Crippen LogP contribution is -2.52. The first-order valence-corrected chi connectivity index (χ1v) is 20.4. The van der Waals surface area contributed by atoms with Crippen LogP contribution in [0.2, 0.25) is 0 Å². The molecular weight excluding hydrogens is 681 g/mol. The summed E-state index contributed by atoms with van der Waals surface area (Å²) in [6.07, 6.45) is 14.1. The van der Waals surface area contributed by atoms with E-state index in [1.54, 1.807) is 0 Å². The number of carbonyl (C=O) groups excluding carboxylic acids is 6. The van der Waals surface area contributed by atoms with Gasteiger partial charge in [0.1, 0.15) is 11.5 Å². The normalized spacial score (nSPS) is 22.3. The Labute approximate surface area is 320 Å². The minimum Gasteiger partial charge on any atom is -0.352 e. The summed E-state index contributed by atoms with van der Waals surface area (Å²) < 4.78 is 0. The van der Waals surface area contributed by atoms with Gasteiger partial charge < -0.3 is 10.6 Å². The largest absolute Gasteiger partial charge is 0.352 e. The fourth-order valence-corrected chi connectivity index (χ4v) is 8.67. The Hall–Kier alpha value is -4.08. The molecule has 292 valence electrons. The molecule has 54 heavy (non-hydrogen) atoms. The second kappa shape index (κ2) is 19.0. The van der Waals surface area contributed by atoms with Crippen molar-refractivity contribution < 1.29 is 28.8 Å². The molecule has 0 spiro atoms. The van der Waals surface area contributed by atoms with Crippen molar-refractivity contribution in [1.82, 2.24) is 20.6 Å². The molecule has 3 aliphatic carbocycles. The number of Topliss-reactive ketones (excluding diaryl/α,β-unsaturated/α-hetero) is 4. The van der Waals surface area contributed by atoms with Gasteiger partial charge in [-0.2, -0.15) is 0 Å². The Morgan fingerprint density at radius 3 is 2.22 bits per heavy atom. The first kappa shape index (κ1) is 41.1. The number of nitrogens with one attached hydrogen (secondary N) is 2. The summed E-state index contributed by atoms with van der Waals surface area (Å²) in [5.41, 5.74) is 0.664. The summed E-state index contributed by atoms with van der Waals surface area (Å²) in [5.74, 6) is -3.40. The van der Waals surface area contributed by atoms with Gasteiger partial charge in [-0.15, -0.1) is 0 Å². The highest BCUT2D eigenvalue weighted by atomic mass is 16.2. The predicted molar refractivity (Wildman–Crippen MR) is 206 cm³/mol.